The minimum Gasteiger partial charge on any atom is -0.431 e. The van der Waals surface area contributed by atoms with Crippen LogP contribution in [0.1, 0.15) is 0 Å². The van der Waals surface area contributed by atoms with E-state index in [-0.39, 0.29) is 16.6 Å². The highest BCUT2D eigenvalue weighted by Gasteiger charge is 2.19. The van der Waals surface area contributed by atoms with Crippen molar-refractivity contribution in [2.45, 2.75) is 10.1 Å². The number of carbonyl (C=O) groups excluding carboxylic acids is 1. The molecular weight excluding hydrogens is 386 g/mol. The van der Waals surface area contributed by atoms with Gasteiger partial charge in [-0.15, -0.1) is 0 Å². The summed E-state index contributed by atoms with van der Waals surface area (Å²) in [6, 6.07) is 13.9. The number of anilines is 1. The standard InChI is InChI=1S/C18H19N3O4S2/c1-20(2)27(23,24)14-9-10-16-15(11-14)19-18(25-16)26-12-17(22)21(3)13-7-5-4-6-8-13/h4-11H,12H2,1-3H3. The number of oxazole rings is 1. The predicted octanol–water partition coefficient (Wildman–Crippen LogP) is 2.83. The van der Waals surface area contributed by atoms with Crippen LogP contribution in [0, 0.1) is 0 Å². The summed E-state index contributed by atoms with van der Waals surface area (Å²) in [5.74, 6) is 0.0606. The van der Waals surface area contributed by atoms with Gasteiger partial charge >= 0.3 is 0 Å². The van der Waals surface area contributed by atoms with Crippen LogP contribution < -0.4 is 4.90 Å². The summed E-state index contributed by atoms with van der Waals surface area (Å²) >= 11 is 1.17. The first-order valence-electron chi connectivity index (χ1n) is 8.06. The molecule has 0 aliphatic carbocycles. The van der Waals surface area contributed by atoms with Crippen molar-refractivity contribution < 1.29 is 17.6 Å². The molecule has 142 valence electrons. The van der Waals surface area contributed by atoms with Crippen molar-refractivity contribution in [2.75, 3.05) is 31.8 Å². The Morgan fingerprint density at radius 3 is 2.48 bits per heavy atom. The summed E-state index contributed by atoms with van der Waals surface area (Å²) in [6.07, 6.45) is 0. The molecule has 0 bridgehead atoms. The Balaban J connectivity index is 1.73. The molecule has 1 heterocycles. The van der Waals surface area contributed by atoms with E-state index in [1.807, 2.05) is 30.3 Å². The Morgan fingerprint density at radius 2 is 1.81 bits per heavy atom. The highest BCUT2D eigenvalue weighted by Crippen LogP contribution is 2.26. The summed E-state index contributed by atoms with van der Waals surface area (Å²) in [5.41, 5.74) is 1.71. The van der Waals surface area contributed by atoms with Gasteiger partial charge in [-0.3, -0.25) is 4.79 Å². The number of hydrogen-bond acceptors (Lipinski definition) is 6. The van der Waals surface area contributed by atoms with Gasteiger partial charge in [0.25, 0.3) is 5.22 Å². The highest BCUT2D eigenvalue weighted by atomic mass is 32.2. The molecule has 9 heteroatoms. The molecular formula is C18H19N3O4S2. The van der Waals surface area contributed by atoms with E-state index >= 15 is 0 Å². The van der Waals surface area contributed by atoms with E-state index in [9.17, 15) is 13.2 Å². The Labute approximate surface area is 162 Å². The van der Waals surface area contributed by atoms with E-state index in [1.165, 1.54) is 38.0 Å². The first-order valence-corrected chi connectivity index (χ1v) is 10.5. The third-order valence-electron chi connectivity index (χ3n) is 3.95. The minimum absolute atomic E-state index is 0.0932. The zero-order valence-corrected chi connectivity index (χ0v) is 16.8. The monoisotopic (exact) mass is 405 g/mol. The van der Waals surface area contributed by atoms with E-state index in [0.29, 0.717) is 16.3 Å². The molecule has 0 saturated heterocycles. The molecule has 0 radical (unpaired) electrons. The van der Waals surface area contributed by atoms with Crippen LogP contribution in [0.5, 0.6) is 0 Å². The number of benzene rings is 2. The van der Waals surface area contributed by atoms with Gasteiger partial charge in [0.2, 0.25) is 15.9 Å². The normalized spacial score (nSPS) is 11.9. The first kappa shape index (κ1) is 19.4. The summed E-state index contributed by atoms with van der Waals surface area (Å²) in [6.45, 7) is 0. The van der Waals surface area contributed by atoms with Gasteiger partial charge in [-0.2, -0.15) is 0 Å². The van der Waals surface area contributed by atoms with Crippen LogP contribution in [-0.2, 0) is 14.8 Å². The van der Waals surface area contributed by atoms with Crippen molar-refractivity contribution >= 4 is 44.5 Å². The van der Waals surface area contributed by atoms with Crippen LogP contribution >= 0.6 is 11.8 Å². The van der Waals surface area contributed by atoms with Crippen molar-refractivity contribution in [3.63, 3.8) is 0 Å². The zero-order valence-electron chi connectivity index (χ0n) is 15.1. The number of hydrogen-bond donors (Lipinski definition) is 0. The first-order chi connectivity index (χ1) is 12.8. The van der Waals surface area contributed by atoms with Crippen molar-refractivity contribution in [3.8, 4) is 0 Å². The topological polar surface area (TPSA) is 83.7 Å². The number of aromatic nitrogens is 1. The van der Waals surface area contributed by atoms with Crippen LogP contribution in [0.2, 0.25) is 0 Å². The third kappa shape index (κ3) is 4.15. The maximum absolute atomic E-state index is 12.3. The quantitative estimate of drug-likeness (QED) is 0.587. The second-order valence-electron chi connectivity index (χ2n) is 5.97. The number of fused-ring (bicyclic) bond motifs is 1. The Hall–Kier alpha value is -2.36. The van der Waals surface area contributed by atoms with Crippen molar-refractivity contribution in [2.24, 2.45) is 0 Å². The fourth-order valence-electron chi connectivity index (χ4n) is 2.34. The fourth-order valence-corrected chi connectivity index (χ4v) is 4.01. The molecule has 1 amide bonds. The summed E-state index contributed by atoms with van der Waals surface area (Å²) in [7, 11) is 1.11. The molecule has 3 rings (SSSR count). The second-order valence-corrected chi connectivity index (χ2v) is 9.05. The second kappa shape index (κ2) is 7.71. The van der Waals surface area contributed by atoms with Gasteiger partial charge in [0.15, 0.2) is 5.58 Å². The van der Waals surface area contributed by atoms with Crippen molar-refractivity contribution in [1.29, 1.82) is 0 Å². The fraction of sp³-hybridized carbons (Fsp3) is 0.222. The molecule has 2 aromatic carbocycles. The predicted molar refractivity (Wildman–Crippen MR) is 105 cm³/mol. The number of para-hydroxylation sites is 1. The van der Waals surface area contributed by atoms with Gasteiger partial charge in [-0.1, -0.05) is 30.0 Å². The zero-order chi connectivity index (χ0) is 19.6. The molecule has 7 nitrogen and oxygen atoms in total. The Kier molecular flexibility index (Phi) is 5.54. The van der Waals surface area contributed by atoms with Gasteiger partial charge in [-0.05, 0) is 30.3 Å². The maximum atomic E-state index is 12.3. The van der Waals surface area contributed by atoms with Crippen LogP contribution in [0.3, 0.4) is 0 Å². The van der Waals surface area contributed by atoms with E-state index in [1.54, 1.807) is 18.0 Å². The number of nitrogens with zero attached hydrogens (tertiary/aromatic N) is 3. The highest BCUT2D eigenvalue weighted by molar-refractivity contribution is 7.99. The van der Waals surface area contributed by atoms with Crippen LogP contribution in [0.25, 0.3) is 11.1 Å². The largest absolute Gasteiger partial charge is 0.431 e. The summed E-state index contributed by atoms with van der Waals surface area (Å²) < 4.78 is 31.2. The number of carbonyl (C=O) groups is 1. The number of sulfonamides is 1. The third-order valence-corrected chi connectivity index (χ3v) is 6.58. The molecule has 27 heavy (non-hydrogen) atoms. The Bertz CT molecular complexity index is 1060. The van der Waals surface area contributed by atoms with E-state index < -0.39 is 10.0 Å². The average molecular weight is 406 g/mol. The van der Waals surface area contributed by atoms with Gasteiger partial charge in [-0.25, -0.2) is 17.7 Å². The number of thioether (sulfide) groups is 1. The lowest BCUT2D eigenvalue weighted by atomic mass is 10.3. The lowest BCUT2D eigenvalue weighted by Gasteiger charge is -2.16. The number of amides is 1. The van der Waals surface area contributed by atoms with E-state index in [0.717, 1.165) is 9.99 Å². The molecule has 0 saturated carbocycles. The van der Waals surface area contributed by atoms with Crippen LogP contribution in [0.15, 0.2) is 63.1 Å². The molecule has 0 unspecified atom stereocenters. The van der Waals surface area contributed by atoms with Gasteiger partial charge in [0.05, 0.1) is 10.6 Å². The van der Waals surface area contributed by atoms with Crippen LogP contribution in [-0.4, -0.2) is 50.5 Å². The van der Waals surface area contributed by atoms with Crippen molar-refractivity contribution in [1.82, 2.24) is 9.29 Å². The summed E-state index contributed by atoms with van der Waals surface area (Å²) in [4.78, 5) is 18.3. The van der Waals surface area contributed by atoms with Gasteiger partial charge in [0, 0.05) is 26.8 Å². The lowest BCUT2D eigenvalue weighted by molar-refractivity contribution is -0.115. The van der Waals surface area contributed by atoms with E-state index in [4.69, 9.17) is 4.42 Å². The molecule has 0 fully saturated rings. The van der Waals surface area contributed by atoms with E-state index in [2.05, 4.69) is 4.98 Å². The molecule has 3 aromatic rings. The SMILES string of the molecule is CN(C(=O)CSc1nc2cc(S(=O)(=O)N(C)C)ccc2o1)c1ccccc1. The van der Waals surface area contributed by atoms with Crippen LogP contribution in [0.4, 0.5) is 5.69 Å². The molecule has 0 aliphatic heterocycles. The Morgan fingerprint density at radius 1 is 1.11 bits per heavy atom. The molecule has 0 aliphatic rings. The minimum atomic E-state index is -3.54. The number of rotatable bonds is 6. The smallest absolute Gasteiger partial charge is 0.257 e. The summed E-state index contributed by atoms with van der Waals surface area (Å²) in [5, 5.41) is 0.319. The molecule has 1 aromatic heterocycles. The molecule has 0 spiro atoms. The van der Waals surface area contributed by atoms with Crippen molar-refractivity contribution in [3.05, 3.63) is 48.5 Å². The van der Waals surface area contributed by atoms with Gasteiger partial charge in [0.1, 0.15) is 5.52 Å². The molecule has 0 atom stereocenters. The molecule has 0 N–H and O–H groups in total. The average Bonchev–Trinajstić information content (AvgIpc) is 3.08. The maximum Gasteiger partial charge on any atom is 0.257 e. The van der Waals surface area contributed by atoms with Gasteiger partial charge < -0.3 is 9.32 Å². The lowest BCUT2D eigenvalue weighted by Crippen LogP contribution is -2.27.